The van der Waals surface area contributed by atoms with Crippen molar-refractivity contribution in [3.8, 4) is 6.07 Å². The molecule has 4 nitrogen and oxygen atoms in total. The fraction of sp³-hybridized carbons (Fsp3) is 0.211. The number of rotatable bonds is 4. The van der Waals surface area contributed by atoms with Gasteiger partial charge in [-0.15, -0.1) is 0 Å². The zero-order chi connectivity index (χ0) is 21.6. The van der Waals surface area contributed by atoms with Gasteiger partial charge in [0.25, 0.3) is 0 Å². The summed E-state index contributed by atoms with van der Waals surface area (Å²) in [5.74, 6) is 0. The Labute approximate surface area is 179 Å². The summed E-state index contributed by atoms with van der Waals surface area (Å²) < 4.78 is 41.2. The molecule has 10 heteroatoms. The maximum atomic E-state index is 13.2. The van der Waals surface area contributed by atoms with Crippen molar-refractivity contribution >= 4 is 51.3 Å². The van der Waals surface area contributed by atoms with Gasteiger partial charge in [0.1, 0.15) is 4.99 Å². The standard InChI is InChI=1S/C19H13Cl2F3N4S/c1-18(8-25,9-28-7-13-15(21)5-11(20)6-16(13)27-28)14-4-10(19(22,23)24)2-3-12(14)17(26)29/h2-7H,9H2,1H3,(H2,26,29). The number of aromatic nitrogens is 2. The van der Waals surface area contributed by atoms with Crippen molar-refractivity contribution in [3.05, 3.63) is 63.3 Å². The van der Waals surface area contributed by atoms with Crippen molar-refractivity contribution in [1.29, 1.82) is 5.26 Å². The number of hydrogen-bond donors (Lipinski definition) is 1. The number of fused-ring (bicyclic) bond motifs is 1. The van der Waals surface area contributed by atoms with Crippen LogP contribution in [0.25, 0.3) is 10.9 Å². The minimum Gasteiger partial charge on any atom is -0.389 e. The van der Waals surface area contributed by atoms with Crippen LogP contribution in [0, 0.1) is 11.3 Å². The molecule has 3 rings (SSSR count). The lowest BCUT2D eigenvalue weighted by Crippen LogP contribution is -2.30. The van der Waals surface area contributed by atoms with E-state index < -0.39 is 17.2 Å². The highest BCUT2D eigenvalue weighted by molar-refractivity contribution is 7.80. The highest BCUT2D eigenvalue weighted by Crippen LogP contribution is 2.36. The molecule has 1 unspecified atom stereocenters. The molecule has 0 spiro atoms. The van der Waals surface area contributed by atoms with Crippen LogP contribution in [0.15, 0.2) is 36.5 Å². The average Bonchev–Trinajstić information content (AvgIpc) is 3.02. The predicted octanol–water partition coefficient (Wildman–Crippen LogP) is 5.48. The Hall–Kier alpha value is -2.34. The van der Waals surface area contributed by atoms with Crippen molar-refractivity contribution in [2.24, 2.45) is 5.73 Å². The third-order valence-electron chi connectivity index (χ3n) is 4.52. The first-order valence-electron chi connectivity index (χ1n) is 8.19. The summed E-state index contributed by atoms with van der Waals surface area (Å²) in [4.78, 5) is -0.101. The smallest absolute Gasteiger partial charge is 0.389 e. The number of hydrogen-bond acceptors (Lipinski definition) is 3. The van der Waals surface area contributed by atoms with E-state index in [2.05, 4.69) is 11.2 Å². The van der Waals surface area contributed by atoms with Crippen LogP contribution in [-0.2, 0) is 18.1 Å². The number of nitriles is 1. The fourth-order valence-corrected chi connectivity index (χ4v) is 3.79. The molecule has 0 saturated carbocycles. The quantitative estimate of drug-likeness (QED) is 0.527. The summed E-state index contributed by atoms with van der Waals surface area (Å²) >= 11 is 17.1. The summed E-state index contributed by atoms with van der Waals surface area (Å²) in [6.07, 6.45) is -2.97. The van der Waals surface area contributed by atoms with Crippen molar-refractivity contribution < 1.29 is 13.2 Å². The van der Waals surface area contributed by atoms with Gasteiger partial charge in [0, 0.05) is 22.2 Å². The van der Waals surface area contributed by atoms with Gasteiger partial charge in [-0.25, -0.2) is 0 Å². The van der Waals surface area contributed by atoms with Gasteiger partial charge in [0.15, 0.2) is 0 Å². The largest absolute Gasteiger partial charge is 0.416 e. The van der Waals surface area contributed by atoms with Crippen LogP contribution in [0.2, 0.25) is 10.0 Å². The second-order valence-electron chi connectivity index (χ2n) is 6.71. The van der Waals surface area contributed by atoms with Gasteiger partial charge in [-0.05, 0) is 36.8 Å². The van der Waals surface area contributed by atoms with Crippen LogP contribution in [0.3, 0.4) is 0 Å². The second kappa shape index (κ2) is 7.48. The van der Waals surface area contributed by atoms with Gasteiger partial charge in [-0.2, -0.15) is 23.5 Å². The molecule has 0 aliphatic carbocycles. The van der Waals surface area contributed by atoms with E-state index in [0.29, 0.717) is 20.9 Å². The Balaban J connectivity index is 2.14. The van der Waals surface area contributed by atoms with Gasteiger partial charge in [-0.1, -0.05) is 41.5 Å². The minimum absolute atomic E-state index is 0.0525. The highest BCUT2D eigenvalue weighted by Gasteiger charge is 2.36. The van der Waals surface area contributed by atoms with Crippen molar-refractivity contribution in [2.45, 2.75) is 25.1 Å². The fourth-order valence-electron chi connectivity index (χ4n) is 3.08. The third-order valence-corrected chi connectivity index (χ3v) is 5.27. The molecule has 3 aromatic rings. The molecule has 0 amide bonds. The van der Waals surface area contributed by atoms with E-state index in [1.807, 2.05) is 0 Å². The number of halogens is 5. The third kappa shape index (κ3) is 4.17. The molecule has 1 atom stereocenters. The van der Waals surface area contributed by atoms with E-state index in [0.717, 1.165) is 12.1 Å². The Morgan fingerprint density at radius 1 is 1.28 bits per heavy atom. The lowest BCUT2D eigenvalue weighted by atomic mass is 9.80. The molecule has 0 aliphatic heterocycles. The average molecular weight is 457 g/mol. The van der Waals surface area contributed by atoms with Crippen LogP contribution in [-0.4, -0.2) is 14.8 Å². The van der Waals surface area contributed by atoms with Crippen molar-refractivity contribution in [3.63, 3.8) is 0 Å². The number of alkyl halides is 3. The summed E-state index contributed by atoms with van der Waals surface area (Å²) in [6.45, 7) is 1.45. The molecule has 0 aliphatic rings. The first kappa shape index (κ1) is 21.4. The van der Waals surface area contributed by atoms with E-state index in [1.54, 1.807) is 18.3 Å². The molecule has 29 heavy (non-hydrogen) atoms. The van der Waals surface area contributed by atoms with E-state index in [4.69, 9.17) is 41.2 Å². The van der Waals surface area contributed by atoms with Crippen molar-refractivity contribution in [2.75, 3.05) is 0 Å². The highest BCUT2D eigenvalue weighted by atomic mass is 35.5. The summed E-state index contributed by atoms with van der Waals surface area (Å²) in [5, 5.41) is 15.6. The Morgan fingerprint density at radius 3 is 2.55 bits per heavy atom. The Bertz CT molecular complexity index is 1170. The molecule has 2 N–H and O–H groups in total. The molecule has 150 valence electrons. The molecular weight excluding hydrogens is 444 g/mol. The SMILES string of the molecule is CC(C#N)(Cn1cc2c(Cl)cc(Cl)cc2n1)c1cc(C(F)(F)F)ccc1C(N)=S. The van der Waals surface area contributed by atoms with Gasteiger partial charge >= 0.3 is 6.18 Å². The van der Waals surface area contributed by atoms with Crippen molar-refractivity contribution in [1.82, 2.24) is 9.78 Å². The van der Waals surface area contributed by atoms with E-state index in [1.165, 1.54) is 17.7 Å². The monoisotopic (exact) mass is 456 g/mol. The van der Waals surface area contributed by atoms with Crippen LogP contribution in [0.4, 0.5) is 13.2 Å². The molecule has 0 fully saturated rings. The number of nitrogens with zero attached hydrogens (tertiary/aromatic N) is 3. The molecule has 0 radical (unpaired) electrons. The summed E-state index contributed by atoms with van der Waals surface area (Å²) in [7, 11) is 0. The lowest BCUT2D eigenvalue weighted by molar-refractivity contribution is -0.137. The van der Waals surface area contributed by atoms with Gasteiger partial charge in [0.05, 0.1) is 34.1 Å². The molecule has 1 heterocycles. The normalized spacial score (nSPS) is 13.8. The van der Waals surface area contributed by atoms with Crippen LogP contribution >= 0.6 is 35.4 Å². The first-order valence-corrected chi connectivity index (χ1v) is 9.36. The first-order chi connectivity index (χ1) is 13.4. The lowest BCUT2D eigenvalue weighted by Gasteiger charge is -2.26. The van der Waals surface area contributed by atoms with E-state index in [-0.39, 0.29) is 22.7 Å². The molecule has 0 bridgehead atoms. The van der Waals surface area contributed by atoms with Gasteiger partial charge in [-0.3, -0.25) is 4.68 Å². The van der Waals surface area contributed by atoms with Crippen LogP contribution in [0.1, 0.15) is 23.6 Å². The number of thiocarbonyl (C=S) groups is 1. The predicted molar refractivity (Wildman–Crippen MR) is 110 cm³/mol. The van der Waals surface area contributed by atoms with Gasteiger partial charge in [0.2, 0.25) is 0 Å². The maximum Gasteiger partial charge on any atom is 0.416 e. The van der Waals surface area contributed by atoms with Crippen LogP contribution in [0.5, 0.6) is 0 Å². The summed E-state index contributed by atoms with van der Waals surface area (Å²) in [6, 6.07) is 8.23. The number of nitrogens with two attached hydrogens (primary N) is 1. The summed E-state index contributed by atoms with van der Waals surface area (Å²) in [5.41, 5.74) is 4.18. The minimum atomic E-state index is -4.58. The molecule has 2 aromatic carbocycles. The second-order valence-corrected chi connectivity index (χ2v) is 8.00. The molecule has 1 aromatic heterocycles. The zero-order valence-corrected chi connectivity index (χ0v) is 17.2. The van der Waals surface area contributed by atoms with E-state index in [9.17, 15) is 18.4 Å². The zero-order valence-electron chi connectivity index (χ0n) is 14.9. The van der Waals surface area contributed by atoms with Gasteiger partial charge < -0.3 is 5.73 Å². The number of benzene rings is 2. The topological polar surface area (TPSA) is 67.6 Å². The Morgan fingerprint density at radius 2 is 1.97 bits per heavy atom. The van der Waals surface area contributed by atoms with Crippen LogP contribution < -0.4 is 5.73 Å². The van der Waals surface area contributed by atoms with E-state index >= 15 is 0 Å². The Kier molecular flexibility index (Phi) is 5.52. The molecule has 0 saturated heterocycles. The maximum absolute atomic E-state index is 13.2. The molecular formula is C19H13Cl2F3N4S.